The number of nitrogens with one attached hydrogen (secondary N) is 1. The molecule has 0 aliphatic heterocycles. The quantitative estimate of drug-likeness (QED) is 0.855. The van der Waals surface area contributed by atoms with Crippen LogP contribution in [-0.2, 0) is 9.84 Å². The zero-order valence-corrected chi connectivity index (χ0v) is 11.3. The fourth-order valence-corrected chi connectivity index (χ4v) is 2.86. The van der Waals surface area contributed by atoms with E-state index in [1.165, 1.54) is 0 Å². The van der Waals surface area contributed by atoms with Crippen molar-refractivity contribution in [2.24, 2.45) is 0 Å². The molecule has 1 aliphatic carbocycles. The molecule has 0 atom stereocenters. The summed E-state index contributed by atoms with van der Waals surface area (Å²) in [4.78, 5) is 0.345. The predicted molar refractivity (Wildman–Crippen MR) is 71.5 cm³/mol. The van der Waals surface area contributed by atoms with Crippen LogP contribution in [0.5, 0.6) is 0 Å². The molecule has 1 aromatic carbocycles. The molecule has 0 bridgehead atoms. The first-order chi connectivity index (χ1) is 8.45. The first-order valence-electron chi connectivity index (χ1n) is 6.24. The maximum atomic E-state index is 11.6. The van der Waals surface area contributed by atoms with Crippen LogP contribution >= 0.6 is 0 Å². The molecule has 0 amide bonds. The van der Waals surface area contributed by atoms with Crippen molar-refractivity contribution >= 4 is 15.5 Å². The van der Waals surface area contributed by atoms with Gasteiger partial charge in [0.25, 0.3) is 0 Å². The van der Waals surface area contributed by atoms with Crippen molar-refractivity contribution in [3.8, 4) is 0 Å². The molecule has 0 saturated heterocycles. The molecule has 5 heteroatoms. The van der Waals surface area contributed by atoms with Gasteiger partial charge in [0, 0.05) is 12.2 Å². The Bertz CT molecular complexity index is 504. The van der Waals surface area contributed by atoms with Gasteiger partial charge in [0.15, 0.2) is 9.84 Å². The zero-order chi connectivity index (χ0) is 13.2. The molecule has 100 valence electrons. The molecule has 0 radical (unpaired) electrons. The van der Waals surface area contributed by atoms with Crippen molar-refractivity contribution in [2.75, 3.05) is 17.6 Å². The molecule has 4 nitrogen and oxygen atoms in total. The van der Waals surface area contributed by atoms with Crippen LogP contribution in [0.2, 0.25) is 0 Å². The van der Waals surface area contributed by atoms with Crippen LogP contribution < -0.4 is 5.32 Å². The van der Waals surface area contributed by atoms with Gasteiger partial charge in [0.2, 0.25) is 0 Å². The lowest BCUT2D eigenvalue weighted by molar-refractivity contribution is -0.0201. The van der Waals surface area contributed by atoms with Gasteiger partial charge in [-0.3, -0.25) is 0 Å². The van der Waals surface area contributed by atoms with Crippen molar-refractivity contribution in [1.82, 2.24) is 0 Å². The Morgan fingerprint density at radius 2 is 1.89 bits per heavy atom. The van der Waals surface area contributed by atoms with Gasteiger partial charge in [0.05, 0.1) is 16.2 Å². The second-order valence-corrected chi connectivity index (χ2v) is 7.14. The van der Waals surface area contributed by atoms with E-state index < -0.39 is 15.4 Å². The monoisotopic (exact) mass is 269 g/mol. The summed E-state index contributed by atoms with van der Waals surface area (Å²) in [6.07, 6.45) is 2.75. The highest BCUT2D eigenvalue weighted by Gasteiger charge is 2.33. The van der Waals surface area contributed by atoms with E-state index in [0.717, 1.165) is 24.9 Å². The minimum atomic E-state index is -3.13. The van der Waals surface area contributed by atoms with Gasteiger partial charge < -0.3 is 10.4 Å². The second-order valence-electron chi connectivity index (χ2n) is 4.86. The number of hydrogen-bond donors (Lipinski definition) is 2. The van der Waals surface area contributed by atoms with Gasteiger partial charge in [-0.05, 0) is 43.5 Å². The summed E-state index contributed by atoms with van der Waals surface area (Å²) in [5, 5.41) is 13.1. The van der Waals surface area contributed by atoms with Crippen molar-refractivity contribution in [3.05, 3.63) is 24.3 Å². The molecule has 0 unspecified atom stereocenters. The van der Waals surface area contributed by atoms with Gasteiger partial charge in [-0.2, -0.15) is 0 Å². The van der Waals surface area contributed by atoms with Crippen LogP contribution in [0, 0.1) is 0 Å². The minimum Gasteiger partial charge on any atom is -0.388 e. The maximum absolute atomic E-state index is 11.6. The van der Waals surface area contributed by atoms with E-state index in [2.05, 4.69) is 5.32 Å². The Labute approximate surface area is 108 Å². The maximum Gasteiger partial charge on any atom is 0.178 e. The fraction of sp³-hybridized carbons (Fsp3) is 0.538. The lowest BCUT2D eigenvalue weighted by Gasteiger charge is -2.36. The van der Waals surface area contributed by atoms with E-state index in [1.807, 2.05) is 0 Å². The number of rotatable bonds is 5. The normalized spacial score (nSPS) is 18.1. The SMILES string of the molecule is CCS(=O)(=O)c1ccc(NCC2(O)CCC2)cc1. The van der Waals surface area contributed by atoms with Gasteiger partial charge in [-0.25, -0.2) is 8.42 Å². The third-order valence-corrected chi connectivity index (χ3v) is 5.25. The molecule has 18 heavy (non-hydrogen) atoms. The summed E-state index contributed by atoms with van der Waals surface area (Å²) < 4.78 is 23.2. The standard InChI is InChI=1S/C13H19NO3S/c1-2-18(16,17)12-6-4-11(5-7-12)14-10-13(15)8-3-9-13/h4-7,14-15H,2-3,8-10H2,1H3. The molecule has 1 aromatic rings. The average Bonchev–Trinajstić information content (AvgIpc) is 2.34. The van der Waals surface area contributed by atoms with Crippen molar-refractivity contribution in [1.29, 1.82) is 0 Å². The number of aliphatic hydroxyl groups is 1. The summed E-state index contributed by atoms with van der Waals surface area (Å²) in [6.45, 7) is 2.15. The second kappa shape index (κ2) is 4.90. The van der Waals surface area contributed by atoms with Gasteiger partial charge >= 0.3 is 0 Å². The van der Waals surface area contributed by atoms with E-state index in [1.54, 1.807) is 31.2 Å². The van der Waals surface area contributed by atoms with E-state index >= 15 is 0 Å². The van der Waals surface area contributed by atoms with Gasteiger partial charge in [0.1, 0.15) is 0 Å². The van der Waals surface area contributed by atoms with E-state index in [9.17, 15) is 13.5 Å². The third kappa shape index (κ3) is 2.84. The Hall–Kier alpha value is -1.07. The Morgan fingerprint density at radius 3 is 2.33 bits per heavy atom. The summed E-state index contributed by atoms with van der Waals surface area (Å²) in [5.74, 6) is 0.111. The number of sulfone groups is 1. The van der Waals surface area contributed by atoms with Gasteiger partial charge in [-0.15, -0.1) is 0 Å². The summed E-state index contributed by atoms with van der Waals surface area (Å²) in [6, 6.07) is 6.69. The van der Waals surface area contributed by atoms with Crippen LogP contribution in [-0.4, -0.2) is 31.4 Å². The van der Waals surface area contributed by atoms with Crippen LogP contribution in [0.25, 0.3) is 0 Å². The van der Waals surface area contributed by atoms with Crippen LogP contribution in [0.4, 0.5) is 5.69 Å². The highest BCUT2D eigenvalue weighted by atomic mass is 32.2. The Balaban J connectivity index is 2.00. The van der Waals surface area contributed by atoms with Crippen LogP contribution in [0.15, 0.2) is 29.2 Å². The van der Waals surface area contributed by atoms with Crippen molar-refractivity contribution < 1.29 is 13.5 Å². The number of hydrogen-bond acceptors (Lipinski definition) is 4. The molecule has 0 aromatic heterocycles. The average molecular weight is 269 g/mol. The summed E-state index contributed by atoms with van der Waals surface area (Å²) in [7, 11) is -3.13. The largest absolute Gasteiger partial charge is 0.388 e. The third-order valence-electron chi connectivity index (χ3n) is 3.50. The predicted octanol–water partition coefficient (Wildman–Crippen LogP) is 1.81. The molecule has 0 spiro atoms. The molecule has 1 fully saturated rings. The summed E-state index contributed by atoms with van der Waals surface area (Å²) in [5.41, 5.74) is 0.263. The van der Waals surface area contributed by atoms with Crippen molar-refractivity contribution in [3.63, 3.8) is 0 Å². The van der Waals surface area contributed by atoms with Crippen molar-refractivity contribution in [2.45, 2.75) is 36.7 Å². The molecule has 2 N–H and O–H groups in total. The number of anilines is 1. The first kappa shape index (κ1) is 13.4. The minimum absolute atomic E-state index is 0.111. The lowest BCUT2D eigenvalue weighted by atomic mass is 9.80. The van der Waals surface area contributed by atoms with Gasteiger partial charge in [-0.1, -0.05) is 6.92 Å². The van der Waals surface area contributed by atoms with E-state index in [4.69, 9.17) is 0 Å². The molecule has 1 aliphatic rings. The molecule has 1 saturated carbocycles. The Morgan fingerprint density at radius 1 is 1.28 bits per heavy atom. The smallest absolute Gasteiger partial charge is 0.178 e. The topological polar surface area (TPSA) is 66.4 Å². The van der Waals surface area contributed by atoms with Crippen LogP contribution in [0.3, 0.4) is 0 Å². The molecular weight excluding hydrogens is 250 g/mol. The molecule has 2 rings (SSSR count). The van der Waals surface area contributed by atoms with E-state index in [0.29, 0.717) is 11.4 Å². The zero-order valence-electron chi connectivity index (χ0n) is 10.5. The van der Waals surface area contributed by atoms with Crippen LogP contribution in [0.1, 0.15) is 26.2 Å². The Kier molecular flexibility index (Phi) is 3.64. The molecular formula is C13H19NO3S. The lowest BCUT2D eigenvalue weighted by Crippen LogP contribution is -2.43. The first-order valence-corrected chi connectivity index (χ1v) is 7.89. The molecule has 0 heterocycles. The summed E-state index contributed by atoms with van der Waals surface area (Å²) >= 11 is 0. The number of benzene rings is 1. The fourth-order valence-electron chi connectivity index (χ4n) is 1.98. The highest BCUT2D eigenvalue weighted by molar-refractivity contribution is 7.91. The van der Waals surface area contributed by atoms with E-state index in [-0.39, 0.29) is 5.75 Å². The highest BCUT2D eigenvalue weighted by Crippen LogP contribution is 2.31.